The van der Waals surface area contributed by atoms with Gasteiger partial charge in [-0.1, -0.05) is 33.6 Å². The first kappa shape index (κ1) is 13.8. The highest BCUT2D eigenvalue weighted by Gasteiger charge is 2.25. The molecule has 1 aliphatic rings. The highest BCUT2D eigenvalue weighted by Crippen LogP contribution is 2.31. The molecule has 1 saturated carbocycles. The third-order valence-electron chi connectivity index (χ3n) is 2.98. The molecule has 0 spiro atoms. The first-order valence-electron chi connectivity index (χ1n) is 5.92. The minimum absolute atomic E-state index is 0.0889. The molecule has 98 valence electrons. The van der Waals surface area contributed by atoms with Crippen molar-refractivity contribution in [2.24, 2.45) is 5.92 Å². The molecule has 1 aromatic rings. The normalized spacial score (nSPS) is 15.1. The first-order valence-corrected chi connectivity index (χ1v) is 7.10. The van der Waals surface area contributed by atoms with E-state index >= 15 is 0 Å². The standard InChI is InChI=1S/C13H15BrClNO2/c14-12-5-11(15)4-3-10(12)7-16(8-13(17)18)6-9-1-2-9/h3-5,9H,1-2,6-8H2,(H,17,18). The van der Waals surface area contributed by atoms with E-state index in [-0.39, 0.29) is 6.54 Å². The van der Waals surface area contributed by atoms with Gasteiger partial charge >= 0.3 is 5.97 Å². The Balaban J connectivity index is 2.03. The highest BCUT2D eigenvalue weighted by molar-refractivity contribution is 9.10. The summed E-state index contributed by atoms with van der Waals surface area (Å²) in [5, 5.41) is 9.61. The summed E-state index contributed by atoms with van der Waals surface area (Å²) < 4.78 is 0.932. The summed E-state index contributed by atoms with van der Waals surface area (Å²) in [7, 11) is 0. The number of hydrogen-bond acceptors (Lipinski definition) is 2. The van der Waals surface area contributed by atoms with Crippen molar-refractivity contribution in [2.45, 2.75) is 19.4 Å². The van der Waals surface area contributed by atoms with Crippen molar-refractivity contribution in [3.05, 3.63) is 33.3 Å². The second-order valence-electron chi connectivity index (χ2n) is 4.74. The fourth-order valence-corrected chi connectivity index (χ4v) is 2.74. The SMILES string of the molecule is O=C(O)CN(Cc1ccc(Cl)cc1Br)CC1CC1. The van der Waals surface area contributed by atoms with E-state index in [0.717, 1.165) is 16.6 Å². The van der Waals surface area contributed by atoms with E-state index < -0.39 is 5.97 Å². The average molecular weight is 333 g/mol. The first-order chi connectivity index (χ1) is 8.54. The molecule has 5 heteroatoms. The number of rotatable bonds is 6. The Hall–Kier alpha value is -0.580. The van der Waals surface area contributed by atoms with Crippen LogP contribution in [-0.2, 0) is 11.3 Å². The van der Waals surface area contributed by atoms with Crippen LogP contribution in [0.5, 0.6) is 0 Å². The van der Waals surface area contributed by atoms with Crippen molar-refractivity contribution in [1.82, 2.24) is 4.90 Å². The number of aliphatic carboxylic acids is 1. The smallest absolute Gasteiger partial charge is 0.317 e. The summed E-state index contributed by atoms with van der Waals surface area (Å²) in [5.41, 5.74) is 1.07. The molecule has 0 bridgehead atoms. The molecule has 18 heavy (non-hydrogen) atoms. The number of carboxylic acids is 1. The van der Waals surface area contributed by atoms with E-state index in [1.165, 1.54) is 12.8 Å². The zero-order valence-corrected chi connectivity index (χ0v) is 12.2. The number of hydrogen-bond donors (Lipinski definition) is 1. The van der Waals surface area contributed by atoms with Crippen LogP contribution in [0.3, 0.4) is 0 Å². The molecule has 1 N–H and O–H groups in total. The lowest BCUT2D eigenvalue weighted by atomic mass is 10.2. The van der Waals surface area contributed by atoms with Gasteiger partial charge in [-0.2, -0.15) is 0 Å². The van der Waals surface area contributed by atoms with Crippen LogP contribution < -0.4 is 0 Å². The summed E-state index contributed by atoms with van der Waals surface area (Å²) in [6.45, 7) is 1.59. The maximum atomic E-state index is 10.9. The fraction of sp³-hybridized carbons (Fsp3) is 0.462. The summed E-state index contributed by atoms with van der Waals surface area (Å²) in [4.78, 5) is 12.8. The Labute approximate surface area is 120 Å². The molecular formula is C13H15BrClNO2. The Bertz CT molecular complexity index is 449. The van der Waals surface area contributed by atoms with Crippen molar-refractivity contribution in [2.75, 3.05) is 13.1 Å². The molecule has 0 heterocycles. The monoisotopic (exact) mass is 331 g/mol. The third-order valence-corrected chi connectivity index (χ3v) is 3.95. The van der Waals surface area contributed by atoms with E-state index in [1.54, 1.807) is 0 Å². The summed E-state index contributed by atoms with van der Waals surface area (Å²) >= 11 is 9.36. The van der Waals surface area contributed by atoms with Crippen LogP contribution in [0.4, 0.5) is 0 Å². The van der Waals surface area contributed by atoms with Crippen molar-refractivity contribution >= 4 is 33.5 Å². The van der Waals surface area contributed by atoms with Gasteiger partial charge < -0.3 is 5.11 Å². The van der Waals surface area contributed by atoms with E-state index in [4.69, 9.17) is 16.7 Å². The number of nitrogens with zero attached hydrogens (tertiary/aromatic N) is 1. The number of halogens is 2. The van der Waals surface area contributed by atoms with Crippen LogP contribution >= 0.6 is 27.5 Å². The molecule has 2 rings (SSSR count). The van der Waals surface area contributed by atoms with E-state index in [2.05, 4.69) is 15.9 Å². The van der Waals surface area contributed by atoms with Crippen LogP contribution in [0.2, 0.25) is 5.02 Å². The Morgan fingerprint density at radius 1 is 1.50 bits per heavy atom. The second kappa shape index (κ2) is 6.04. The van der Waals surface area contributed by atoms with Gasteiger partial charge in [-0.25, -0.2) is 0 Å². The van der Waals surface area contributed by atoms with Crippen molar-refractivity contribution in [3.8, 4) is 0 Å². The van der Waals surface area contributed by atoms with Gasteiger partial charge in [0.15, 0.2) is 0 Å². The molecule has 0 aliphatic heterocycles. The molecular weight excluding hydrogens is 318 g/mol. The maximum absolute atomic E-state index is 10.9. The van der Waals surface area contributed by atoms with Gasteiger partial charge in [0.1, 0.15) is 0 Å². The van der Waals surface area contributed by atoms with Gasteiger partial charge in [-0.05, 0) is 36.5 Å². The summed E-state index contributed by atoms with van der Waals surface area (Å²) in [6.07, 6.45) is 2.44. The topological polar surface area (TPSA) is 40.5 Å². The van der Waals surface area contributed by atoms with Gasteiger partial charge in [0, 0.05) is 22.6 Å². The van der Waals surface area contributed by atoms with Crippen LogP contribution in [0.1, 0.15) is 18.4 Å². The third kappa shape index (κ3) is 4.26. The van der Waals surface area contributed by atoms with Crippen molar-refractivity contribution in [1.29, 1.82) is 0 Å². The fourth-order valence-electron chi connectivity index (χ4n) is 1.93. The number of benzene rings is 1. The summed E-state index contributed by atoms with van der Waals surface area (Å²) in [6, 6.07) is 5.61. The molecule has 0 amide bonds. The molecule has 1 aromatic carbocycles. The van der Waals surface area contributed by atoms with Crippen LogP contribution in [-0.4, -0.2) is 29.1 Å². The van der Waals surface area contributed by atoms with Crippen LogP contribution in [0.15, 0.2) is 22.7 Å². The predicted molar refractivity (Wildman–Crippen MR) is 74.8 cm³/mol. The van der Waals surface area contributed by atoms with Gasteiger partial charge in [-0.15, -0.1) is 0 Å². The van der Waals surface area contributed by atoms with Gasteiger partial charge in [-0.3, -0.25) is 9.69 Å². The lowest BCUT2D eigenvalue weighted by Crippen LogP contribution is -2.31. The Kier molecular flexibility index (Phi) is 4.65. The van der Waals surface area contributed by atoms with Gasteiger partial charge in [0.05, 0.1) is 6.54 Å². The van der Waals surface area contributed by atoms with Crippen LogP contribution in [0.25, 0.3) is 0 Å². The molecule has 0 aromatic heterocycles. The molecule has 0 unspecified atom stereocenters. The van der Waals surface area contributed by atoms with E-state index in [1.807, 2.05) is 23.1 Å². The van der Waals surface area contributed by atoms with Gasteiger partial charge in [0.2, 0.25) is 0 Å². The molecule has 0 saturated heterocycles. The van der Waals surface area contributed by atoms with Gasteiger partial charge in [0.25, 0.3) is 0 Å². The van der Waals surface area contributed by atoms with Crippen LogP contribution in [0, 0.1) is 5.92 Å². The molecule has 0 radical (unpaired) electrons. The van der Waals surface area contributed by atoms with Crippen molar-refractivity contribution < 1.29 is 9.90 Å². The molecule has 0 atom stereocenters. The zero-order chi connectivity index (χ0) is 13.1. The van der Waals surface area contributed by atoms with E-state index in [9.17, 15) is 4.79 Å². The Morgan fingerprint density at radius 3 is 2.78 bits per heavy atom. The highest BCUT2D eigenvalue weighted by atomic mass is 79.9. The molecule has 1 fully saturated rings. The minimum atomic E-state index is -0.777. The lowest BCUT2D eigenvalue weighted by molar-refractivity contribution is -0.138. The number of carboxylic acid groups (broad SMARTS) is 1. The van der Waals surface area contributed by atoms with E-state index in [0.29, 0.717) is 17.5 Å². The largest absolute Gasteiger partial charge is 0.480 e. The maximum Gasteiger partial charge on any atom is 0.317 e. The molecule has 1 aliphatic carbocycles. The summed E-state index contributed by atoms with van der Waals surface area (Å²) in [5.74, 6) is -0.101. The van der Waals surface area contributed by atoms with Crippen molar-refractivity contribution in [3.63, 3.8) is 0 Å². The average Bonchev–Trinajstić information content (AvgIpc) is 3.05. The second-order valence-corrected chi connectivity index (χ2v) is 6.03. The quantitative estimate of drug-likeness (QED) is 0.868. The zero-order valence-electron chi connectivity index (χ0n) is 9.90. The predicted octanol–water partition coefficient (Wildman–Crippen LogP) is 3.40. The number of carbonyl (C=O) groups is 1. The lowest BCUT2D eigenvalue weighted by Gasteiger charge is -2.20. The molecule has 3 nitrogen and oxygen atoms in total. The Morgan fingerprint density at radius 2 is 2.22 bits per heavy atom. The minimum Gasteiger partial charge on any atom is -0.480 e.